The molecule has 1 nitrogen and oxygen atoms in total. The lowest BCUT2D eigenvalue weighted by Gasteiger charge is -2.13. The second-order valence-electron chi connectivity index (χ2n) is 5.58. The summed E-state index contributed by atoms with van der Waals surface area (Å²) in [4.78, 5) is 0. The van der Waals surface area contributed by atoms with Crippen LogP contribution in [-0.4, -0.2) is 6.54 Å². The lowest BCUT2D eigenvalue weighted by atomic mass is 9.99. The molecule has 0 aromatic heterocycles. The molecule has 1 aromatic rings. The van der Waals surface area contributed by atoms with E-state index in [0.29, 0.717) is 6.42 Å². The first kappa shape index (κ1) is 14.4. The zero-order chi connectivity index (χ0) is 13.5. The molecule has 1 aliphatic heterocycles. The van der Waals surface area contributed by atoms with Gasteiger partial charge in [-0.25, -0.2) is 4.39 Å². The number of para-hydroxylation sites is 1. The molecule has 1 unspecified atom stereocenters. The molecule has 0 spiro atoms. The van der Waals surface area contributed by atoms with E-state index in [1.165, 1.54) is 37.7 Å². The number of alkyl halides is 1. The first-order chi connectivity index (χ1) is 9.33. The Morgan fingerprint density at radius 3 is 2.79 bits per heavy atom. The minimum Gasteiger partial charge on any atom is -0.384 e. The van der Waals surface area contributed by atoms with Gasteiger partial charge in [0.25, 0.3) is 0 Å². The third-order valence-corrected chi connectivity index (χ3v) is 4.03. The normalized spacial score (nSPS) is 15.1. The van der Waals surface area contributed by atoms with Crippen molar-refractivity contribution in [2.45, 2.75) is 64.5 Å². The van der Waals surface area contributed by atoms with Crippen LogP contribution in [0.25, 0.3) is 0 Å². The maximum atomic E-state index is 14.3. The van der Waals surface area contributed by atoms with E-state index in [0.717, 1.165) is 30.6 Å². The molecule has 0 saturated heterocycles. The summed E-state index contributed by atoms with van der Waals surface area (Å²) in [7, 11) is 0. The highest BCUT2D eigenvalue weighted by molar-refractivity contribution is 5.61. The number of halogens is 1. The number of hydrogen-bond donors (Lipinski definition) is 1. The maximum Gasteiger partial charge on any atom is 0.127 e. The van der Waals surface area contributed by atoms with Crippen LogP contribution >= 0.6 is 0 Å². The van der Waals surface area contributed by atoms with Crippen molar-refractivity contribution in [3.8, 4) is 0 Å². The molecule has 19 heavy (non-hydrogen) atoms. The van der Waals surface area contributed by atoms with Gasteiger partial charge in [-0.2, -0.15) is 0 Å². The molecule has 1 heterocycles. The van der Waals surface area contributed by atoms with E-state index in [2.05, 4.69) is 18.3 Å². The van der Waals surface area contributed by atoms with Gasteiger partial charge < -0.3 is 5.32 Å². The zero-order valence-electron chi connectivity index (χ0n) is 12.1. The van der Waals surface area contributed by atoms with E-state index < -0.39 is 6.17 Å². The van der Waals surface area contributed by atoms with Gasteiger partial charge in [-0.15, -0.1) is 0 Å². The third-order valence-electron chi connectivity index (χ3n) is 4.03. The average molecular weight is 263 g/mol. The summed E-state index contributed by atoms with van der Waals surface area (Å²) in [6, 6.07) is 6.05. The van der Waals surface area contributed by atoms with Crippen LogP contribution in [0.2, 0.25) is 0 Å². The van der Waals surface area contributed by atoms with Crippen molar-refractivity contribution in [2.75, 3.05) is 11.9 Å². The minimum atomic E-state index is -0.799. The molecule has 106 valence electrons. The lowest BCUT2D eigenvalue weighted by molar-refractivity contribution is 0.313. The molecule has 2 rings (SSSR count). The van der Waals surface area contributed by atoms with Crippen molar-refractivity contribution in [1.29, 1.82) is 0 Å². The molecule has 1 atom stereocenters. The van der Waals surface area contributed by atoms with E-state index in [1.54, 1.807) is 0 Å². The van der Waals surface area contributed by atoms with Crippen molar-refractivity contribution in [3.63, 3.8) is 0 Å². The van der Waals surface area contributed by atoms with Gasteiger partial charge in [0, 0.05) is 17.8 Å². The van der Waals surface area contributed by atoms with Crippen LogP contribution in [0, 0.1) is 0 Å². The van der Waals surface area contributed by atoms with Gasteiger partial charge in [0.2, 0.25) is 0 Å². The summed E-state index contributed by atoms with van der Waals surface area (Å²) >= 11 is 0. The van der Waals surface area contributed by atoms with E-state index in [1.807, 2.05) is 12.1 Å². The summed E-state index contributed by atoms with van der Waals surface area (Å²) in [5, 5.41) is 3.33. The van der Waals surface area contributed by atoms with Gasteiger partial charge in [0.05, 0.1) is 0 Å². The Balaban J connectivity index is 1.77. The van der Waals surface area contributed by atoms with Crippen molar-refractivity contribution < 1.29 is 4.39 Å². The molecule has 1 aliphatic rings. The molecule has 0 amide bonds. The molecule has 0 saturated carbocycles. The van der Waals surface area contributed by atoms with E-state index in [-0.39, 0.29) is 0 Å². The molecule has 1 N–H and O–H groups in total. The highest BCUT2D eigenvalue weighted by Crippen LogP contribution is 2.35. The summed E-state index contributed by atoms with van der Waals surface area (Å²) in [6.07, 6.45) is 8.23. The van der Waals surface area contributed by atoms with Crippen molar-refractivity contribution in [3.05, 3.63) is 29.3 Å². The van der Waals surface area contributed by atoms with Crippen LogP contribution in [-0.2, 0) is 6.42 Å². The first-order valence-corrected chi connectivity index (χ1v) is 7.82. The smallest absolute Gasteiger partial charge is 0.127 e. The van der Waals surface area contributed by atoms with Gasteiger partial charge in [0.1, 0.15) is 6.17 Å². The predicted molar refractivity (Wildman–Crippen MR) is 80.5 cm³/mol. The second kappa shape index (κ2) is 7.52. The number of rotatable bonds is 8. The van der Waals surface area contributed by atoms with Crippen molar-refractivity contribution in [2.24, 2.45) is 0 Å². The number of fused-ring (bicyclic) bond motifs is 1. The number of unbranched alkanes of at least 4 members (excludes halogenated alkanes) is 5. The molecule has 1 aromatic carbocycles. The van der Waals surface area contributed by atoms with Crippen LogP contribution in [0.15, 0.2) is 18.2 Å². The quantitative estimate of drug-likeness (QED) is 0.618. The fourth-order valence-corrected chi connectivity index (χ4v) is 2.89. The molecule has 0 aliphatic carbocycles. The third kappa shape index (κ3) is 3.95. The Hall–Kier alpha value is -1.05. The van der Waals surface area contributed by atoms with Crippen LogP contribution in [0.5, 0.6) is 0 Å². The van der Waals surface area contributed by atoms with Crippen LogP contribution in [0.4, 0.5) is 10.1 Å². The maximum absolute atomic E-state index is 14.3. The SMILES string of the molecule is CCCCCCCCC(F)c1cccc2c1NCC2. The Morgan fingerprint density at radius 2 is 1.95 bits per heavy atom. The van der Waals surface area contributed by atoms with Crippen LogP contribution < -0.4 is 5.32 Å². The number of benzene rings is 1. The predicted octanol–water partition coefficient (Wildman–Crippen LogP) is 5.42. The fraction of sp³-hybridized carbons (Fsp3) is 0.647. The van der Waals surface area contributed by atoms with Gasteiger partial charge in [0.15, 0.2) is 0 Å². The number of nitrogens with one attached hydrogen (secondary N) is 1. The van der Waals surface area contributed by atoms with Gasteiger partial charge >= 0.3 is 0 Å². The van der Waals surface area contributed by atoms with Crippen LogP contribution in [0.1, 0.15) is 69.2 Å². The average Bonchev–Trinajstić information content (AvgIpc) is 2.90. The Kier molecular flexibility index (Phi) is 5.68. The van der Waals surface area contributed by atoms with Crippen molar-refractivity contribution in [1.82, 2.24) is 0 Å². The zero-order valence-corrected chi connectivity index (χ0v) is 12.1. The van der Waals surface area contributed by atoms with E-state index in [9.17, 15) is 4.39 Å². The molecule has 0 bridgehead atoms. The summed E-state index contributed by atoms with van der Waals surface area (Å²) in [5.74, 6) is 0. The highest BCUT2D eigenvalue weighted by Gasteiger charge is 2.19. The Labute approximate surface area is 116 Å². The summed E-state index contributed by atoms with van der Waals surface area (Å²) < 4.78 is 14.3. The Bertz CT molecular complexity index is 389. The summed E-state index contributed by atoms with van der Waals surface area (Å²) in [5.41, 5.74) is 3.23. The number of anilines is 1. The standard InChI is InChI=1S/C17H26FN/c1-2-3-4-5-6-7-11-16(18)15-10-8-9-14-12-13-19-17(14)15/h8-10,16,19H,2-7,11-13H2,1H3. The minimum absolute atomic E-state index is 0.671. The van der Waals surface area contributed by atoms with Gasteiger partial charge in [-0.3, -0.25) is 0 Å². The van der Waals surface area contributed by atoms with Crippen molar-refractivity contribution >= 4 is 5.69 Å². The molecule has 0 fully saturated rings. The fourth-order valence-electron chi connectivity index (χ4n) is 2.89. The number of hydrogen-bond acceptors (Lipinski definition) is 1. The second-order valence-corrected chi connectivity index (χ2v) is 5.58. The summed E-state index contributed by atoms with van der Waals surface area (Å²) in [6.45, 7) is 3.18. The van der Waals surface area contributed by atoms with E-state index >= 15 is 0 Å². The lowest BCUT2D eigenvalue weighted by Crippen LogP contribution is -1.99. The largest absolute Gasteiger partial charge is 0.384 e. The molecule has 2 heteroatoms. The molecule has 0 radical (unpaired) electrons. The van der Waals surface area contributed by atoms with E-state index in [4.69, 9.17) is 0 Å². The Morgan fingerprint density at radius 1 is 1.16 bits per heavy atom. The van der Waals surface area contributed by atoms with Gasteiger partial charge in [-0.1, -0.05) is 63.6 Å². The van der Waals surface area contributed by atoms with Crippen LogP contribution in [0.3, 0.4) is 0 Å². The first-order valence-electron chi connectivity index (χ1n) is 7.82. The monoisotopic (exact) mass is 263 g/mol. The van der Waals surface area contributed by atoms with Gasteiger partial charge in [-0.05, 0) is 18.4 Å². The molecular weight excluding hydrogens is 237 g/mol. The molecular formula is C17H26FN. The highest BCUT2D eigenvalue weighted by atomic mass is 19.1. The topological polar surface area (TPSA) is 12.0 Å².